The van der Waals surface area contributed by atoms with E-state index in [2.05, 4.69) is 53.9 Å². The monoisotopic (exact) mass is 586 g/mol. The predicted octanol–water partition coefficient (Wildman–Crippen LogP) is 7.08. The van der Waals surface area contributed by atoms with Crippen molar-refractivity contribution >= 4 is 51.9 Å². The van der Waals surface area contributed by atoms with Gasteiger partial charge in [-0.1, -0.05) is 41.9 Å². The number of anilines is 1. The molecule has 0 aromatic heterocycles. The van der Waals surface area contributed by atoms with Crippen LogP contribution in [0.3, 0.4) is 0 Å². The first-order valence-electron chi connectivity index (χ1n) is 10.6. The summed E-state index contributed by atoms with van der Waals surface area (Å²) < 4.78 is 12.7. The minimum absolute atomic E-state index is 0.0537. The lowest BCUT2D eigenvalue weighted by Gasteiger charge is -2.15. The molecular weight excluding hydrogens is 563 g/mol. The molecule has 0 atom stereocenters. The number of hydrogen-bond donors (Lipinski definition) is 1. The fourth-order valence-electron chi connectivity index (χ4n) is 3.19. The Balaban J connectivity index is 1.86. The Bertz CT molecular complexity index is 1280. The first kappa shape index (κ1) is 25.6. The lowest BCUT2D eigenvalue weighted by Crippen LogP contribution is -2.13. The Morgan fingerprint density at radius 2 is 1.88 bits per heavy atom. The lowest BCUT2D eigenvalue weighted by atomic mass is 10.1. The van der Waals surface area contributed by atoms with Crippen molar-refractivity contribution in [1.29, 1.82) is 5.26 Å². The van der Waals surface area contributed by atoms with Gasteiger partial charge in [-0.05, 0) is 96.0 Å². The zero-order chi connectivity index (χ0) is 24.7. The fraction of sp³-hybridized carbons (Fsp3) is 0.185. The van der Waals surface area contributed by atoms with Gasteiger partial charge in [0.25, 0.3) is 5.91 Å². The number of rotatable bonds is 8. The molecule has 0 fully saturated rings. The molecule has 0 saturated heterocycles. The number of halogens is 2. The molecular formula is C27H24ClIN2O3. The molecule has 0 aliphatic rings. The molecule has 174 valence electrons. The number of nitrogens with one attached hydrogen (secondary N) is 1. The molecule has 0 aliphatic carbocycles. The molecule has 3 aromatic carbocycles. The molecule has 0 heterocycles. The van der Waals surface area contributed by atoms with Crippen LogP contribution in [0.5, 0.6) is 11.5 Å². The van der Waals surface area contributed by atoms with Crippen LogP contribution in [-0.4, -0.2) is 12.5 Å². The van der Waals surface area contributed by atoms with E-state index < -0.39 is 5.91 Å². The third-order valence-corrected chi connectivity index (χ3v) is 6.22. The van der Waals surface area contributed by atoms with Crippen molar-refractivity contribution in [3.63, 3.8) is 0 Å². The standard InChI is InChI=1S/C27H24ClIN2O3/c1-4-33-25-14-20(12-21(15-30)27(32)31-24-8-6-5-7-22(24)28)13-23(29)26(25)34-16-19-10-9-17(2)18(3)11-19/h5-14H,4,16H2,1-3H3,(H,31,32)/b21-12+. The van der Waals surface area contributed by atoms with Crippen LogP contribution < -0.4 is 14.8 Å². The summed E-state index contributed by atoms with van der Waals surface area (Å²) in [5.41, 5.74) is 4.54. The van der Waals surface area contributed by atoms with Gasteiger partial charge in [0.15, 0.2) is 11.5 Å². The van der Waals surface area contributed by atoms with Crippen molar-refractivity contribution in [3.05, 3.63) is 91.0 Å². The first-order chi connectivity index (χ1) is 16.3. The molecule has 0 bridgehead atoms. The predicted molar refractivity (Wildman–Crippen MR) is 144 cm³/mol. The maximum absolute atomic E-state index is 12.7. The van der Waals surface area contributed by atoms with Crippen molar-refractivity contribution < 1.29 is 14.3 Å². The fourth-order valence-corrected chi connectivity index (χ4v) is 4.15. The molecule has 0 radical (unpaired) electrons. The van der Waals surface area contributed by atoms with Gasteiger partial charge in [0.05, 0.1) is 20.9 Å². The van der Waals surface area contributed by atoms with Crippen molar-refractivity contribution in [1.82, 2.24) is 0 Å². The molecule has 3 aromatic rings. The molecule has 1 N–H and O–H groups in total. The number of para-hydroxylation sites is 1. The Labute approximate surface area is 218 Å². The molecule has 7 heteroatoms. The summed E-state index contributed by atoms with van der Waals surface area (Å²) in [5, 5.41) is 12.7. The third kappa shape index (κ3) is 6.52. The van der Waals surface area contributed by atoms with Crippen LogP contribution in [0, 0.1) is 28.7 Å². The van der Waals surface area contributed by atoms with Gasteiger partial charge >= 0.3 is 0 Å². The van der Waals surface area contributed by atoms with E-state index in [-0.39, 0.29) is 5.57 Å². The van der Waals surface area contributed by atoms with Crippen molar-refractivity contribution in [2.24, 2.45) is 0 Å². The highest BCUT2D eigenvalue weighted by Gasteiger charge is 2.15. The average Bonchev–Trinajstić information content (AvgIpc) is 2.80. The van der Waals surface area contributed by atoms with E-state index in [0.717, 1.165) is 9.13 Å². The van der Waals surface area contributed by atoms with E-state index in [1.165, 1.54) is 17.2 Å². The van der Waals surface area contributed by atoms with Crippen LogP contribution in [-0.2, 0) is 11.4 Å². The zero-order valence-corrected chi connectivity index (χ0v) is 22.0. The smallest absolute Gasteiger partial charge is 0.266 e. The zero-order valence-electron chi connectivity index (χ0n) is 19.1. The highest BCUT2D eigenvalue weighted by molar-refractivity contribution is 14.1. The van der Waals surface area contributed by atoms with E-state index in [4.69, 9.17) is 21.1 Å². The van der Waals surface area contributed by atoms with Gasteiger partial charge < -0.3 is 14.8 Å². The van der Waals surface area contributed by atoms with Crippen LogP contribution in [0.4, 0.5) is 5.69 Å². The van der Waals surface area contributed by atoms with Gasteiger partial charge in [0.2, 0.25) is 0 Å². The number of ether oxygens (including phenoxy) is 2. The molecule has 1 amide bonds. The van der Waals surface area contributed by atoms with E-state index >= 15 is 0 Å². The van der Waals surface area contributed by atoms with E-state index in [1.54, 1.807) is 30.3 Å². The molecule has 34 heavy (non-hydrogen) atoms. The van der Waals surface area contributed by atoms with Gasteiger partial charge in [-0.3, -0.25) is 4.79 Å². The molecule has 5 nitrogen and oxygen atoms in total. The number of aryl methyl sites for hydroxylation is 2. The van der Waals surface area contributed by atoms with Crippen molar-refractivity contribution in [2.75, 3.05) is 11.9 Å². The Hall–Kier alpha value is -3.02. The maximum Gasteiger partial charge on any atom is 0.266 e. The van der Waals surface area contributed by atoms with Gasteiger partial charge in [-0.2, -0.15) is 5.26 Å². The molecule has 3 rings (SSSR count). The summed E-state index contributed by atoms with van der Waals surface area (Å²) >= 11 is 8.28. The number of carbonyl (C=O) groups is 1. The van der Waals surface area contributed by atoms with Crippen molar-refractivity contribution in [2.45, 2.75) is 27.4 Å². The van der Waals surface area contributed by atoms with Crippen LogP contribution in [0.2, 0.25) is 5.02 Å². The Morgan fingerprint density at radius 3 is 2.56 bits per heavy atom. The number of amides is 1. The summed E-state index contributed by atoms with van der Waals surface area (Å²) in [6.45, 7) is 6.88. The van der Waals surface area contributed by atoms with E-state index in [9.17, 15) is 10.1 Å². The average molecular weight is 587 g/mol. The molecule has 0 saturated carbocycles. The lowest BCUT2D eigenvalue weighted by molar-refractivity contribution is -0.112. The Morgan fingerprint density at radius 1 is 1.12 bits per heavy atom. The summed E-state index contributed by atoms with van der Waals surface area (Å²) in [6, 6.07) is 18.7. The highest BCUT2D eigenvalue weighted by Crippen LogP contribution is 2.35. The summed E-state index contributed by atoms with van der Waals surface area (Å²) in [4.78, 5) is 12.7. The maximum atomic E-state index is 12.7. The number of nitrogens with zero attached hydrogens (tertiary/aromatic N) is 1. The van der Waals surface area contributed by atoms with Gasteiger partial charge in [-0.25, -0.2) is 0 Å². The topological polar surface area (TPSA) is 71.3 Å². The highest BCUT2D eigenvalue weighted by atomic mass is 127. The summed E-state index contributed by atoms with van der Waals surface area (Å²) in [5.74, 6) is 0.628. The Kier molecular flexibility index (Phi) is 8.97. The minimum atomic E-state index is -0.543. The summed E-state index contributed by atoms with van der Waals surface area (Å²) in [7, 11) is 0. The van der Waals surface area contributed by atoms with Crippen LogP contribution in [0.15, 0.2) is 60.2 Å². The normalized spacial score (nSPS) is 11.0. The van der Waals surface area contributed by atoms with Gasteiger partial charge in [-0.15, -0.1) is 0 Å². The molecule has 0 aliphatic heterocycles. The second-order valence-corrected chi connectivity index (χ2v) is 9.14. The van der Waals surface area contributed by atoms with E-state index in [1.807, 2.05) is 25.1 Å². The number of carbonyl (C=O) groups excluding carboxylic acids is 1. The summed E-state index contributed by atoms with van der Waals surface area (Å²) in [6.07, 6.45) is 1.52. The van der Waals surface area contributed by atoms with Crippen molar-refractivity contribution in [3.8, 4) is 17.6 Å². The number of hydrogen-bond acceptors (Lipinski definition) is 4. The second kappa shape index (κ2) is 11.9. The van der Waals surface area contributed by atoms with Crippen LogP contribution in [0.1, 0.15) is 29.2 Å². The van der Waals surface area contributed by atoms with E-state index in [0.29, 0.717) is 41.0 Å². The number of nitriles is 1. The van der Waals surface area contributed by atoms with Crippen LogP contribution >= 0.6 is 34.2 Å². The second-order valence-electron chi connectivity index (χ2n) is 7.57. The molecule has 0 spiro atoms. The minimum Gasteiger partial charge on any atom is -0.490 e. The third-order valence-electron chi connectivity index (χ3n) is 5.08. The first-order valence-corrected chi connectivity index (χ1v) is 12.1. The van der Waals surface area contributed by atoms with Crippen LogP contribution in [0.25, 0.3) is 6.08 Å². The molecule has 0 unspecified atom stereocenters. The number of benzene rings is 3. The van der Waals surface area contributed by atoms with Gasteiger partial charge in [0, 0.05) is 0 Å². The largest absolute Gasteiger partial charge is 0.490 e. The SMILES string of the molecule is CCOc1cc(/C=C(\C#N)C(=O)Nc2ccccc2Cl)cc(I)c1OCc1ccc(C)c(C)c1. The quantitative estimate of drug-likeness (QED) is 0.174. The van der Waals surface area contributed by atoms with Gasteiger partial charge in [0.1, 0.15) is 18.2 Å².